The van der Waals surface area contributed by atoms with Crippen LogP contribution < -0.4 is 10.1 Å². The predicted molar refractivity (Wildman–Crippen MR) is 80.0 cm³/mol. The van der Waals surface area contributed by atoms with E-state index in [4.69, 9.17) is 9.47 Å². The number of rotatable bonds is 8. The number of nitrogens with one attached hydrogen (secondary N) is 1. The third kappa shape index (κ3) is 5.09. The van der Waals surface area contributed by atoms with E-state index in [2.05, 4.69) is 43.4 Å². The van der Waals surface area contributed by atoms with Crippen molar-refractivity contribution in [3.63, 3.8) is 0 Å². The second kappa shape index (κ2) is 8.02. The second-order valence-electron chi connectivity index (χ2n) is 4.98. The third-order valence-corrected chi connectivity index (χ3v) is 2.98. The summed E-state index contributed by atoms with van der Waals surface area (Å²) in [6.45, 7) is 3.75. The highest BCUT2D eigenvalue weighted by Crippen LogP contribution is 2.27. The molecule has 0 heterocycles. The van der Waals surface area contributed by atoms with Crippen LogP contribution in [-0.2, 0) is 11.3 Å². The van der Waals surface area contributed by atoms with Gasteiger partial charge in [-0.05, 0) is 38.2 Å². The molecule has 1 atom stereocenters. The average molecular weight is 266 g/mol. The summed E-state index contributed by atoms with van der Waals surface area (Å²) in [5.41, 5.74) is 2.30. The first-order valence-electron chi connectivity index (χ1n) is 6.67. The molecule has 0 aliphatic carbocycles. The van der Waals surface area contributed by atoms with Gasteiger partial charge in [0.15, 0.2) is 0 Å². The smallest absolute Gasteiger partial charge is 0.141 e. The quantitative estimate of drug-likeness (QED) is 0.784. The first-order valence-corrected chi connectivity index (χ1v) is 6.67. The van der Waals surface area contributed by atoms with Crippen molar-refractivity contribution in [2.45, 2.75) is 25.9 Å². The molecule has 0 radical (unpaired) electrons. The van der Waals surface area contributed by atoms with E-state index in [9.17, 15) is 0 Å². The van der Waals surface area contributed by atoms with Crippen LogP contribution in [0.15, 0.2) is 18.2 Å². The summed E-state index contributed by atoms with van der Waals surface area (Å²) in [4.78, 5) is 2.15. The van der Waals surface area contributed by atoms with Gasteiger partial charge < -0.3 is 19.7 Å². The maximum Gasteiger partial charge on any atom is 0.141 e. The van der Waals surface area contributed by atoms with Gasteiger partial charge in [0.05, 0.1) is 19.4 Å². The van der Waals surface area contributed by atoms with Crippen molar-refractivity contribution in [1.82, 2.24) is 4.90 Å². The largest absolute Gasteiger partial charge is 0.495 e. The minimum absolute atomic E-state index is 0.300. The van der Waals surface area contributed by atoms with E-state index >= 15 is 0 Å². The number of hydrogen-bond donors (Lipinski definition) is 1. The molecule has 0 saturated heterocycles. The van der Waals surface area contributed by atoms with Crippen LogP contribution >= 0.6 is 0 Å². The Balaban J connectivity index is 2.88. The van der Waals surface area contributed by atoms with E-state index in [1.165, 1.54) is 5.56 Å². The number of hydrogen-bond acceptors (Lipinski definition) is 4. The molecule has 0 aliphatic heterocycles. The van der Waals surface area contributed by atoms with Gasteiger partial charge in [-0.15, -0.1) is 0 Å². The maximum atomic E-state index is 5.41. The second-order valence-corrected chi connectivity index (χ2v) is 4.98. The van der Waals surface area contributed by atoms with Crippen molar-refractivity contribution >= 4 is 5.69 Å². The molecule has 1 aromatic carbocycles. The standard InChI is InChI=1S/C15H26N2O2/c1-6-13(11-18-4)16-14-9-12(10-17(2)3)7-8-15(14)19-5/h7-9,13,16H,6,10-11H2,1-5H3. The molecule has 4 heteroatoms. The molecular weight excluding hydrogens is 240 g/mol. The molecule has 108 valence electrons. The van der Waals surface area contributed by atoms with Crippen LogP contribution in [0.5, 0.6) is 5.75 Å². The van der Waals surface area contributed by atoms with Gasteiger partial charge in [-0.25, -0.2) is 0 Å². The van der Waals surface area contributed by atoms with Crippen molar-refractivity contribution in [2.75, 3.05) is 40.2 Å². The number of ether oxygens (including phenoxy) is 2. The van der Waals surface area contributed by atoms with E-state index in [0.29, 0.717) is 12.6 Å². The van der Waals surface area contributed by atoms with Crippen LogP contribution in [0.25, 0.3) is 0 Å². The van der Waals surface area contributed by atoms with Crippen LogP contribution in [0.1, 0.15) is 18.9 Å². The Morgan fingerprint density at radius 3 is 2.53 bits per heavy atom. The number of methoxy groups -OCH3 is 2. The molecule has 0 bridgehead atoms. The van der Waals surface area contributed by atoms with Crippen LogP contribution in [0, 0.1) is 0 Å². The molecule has 1 N–H and O–H groups in total. The van der Waals surface area contributed by atoms with Gasteiger partial charge in [-0.3, -0.25) is 0 Å². The molecule has 1 aromatic rings. The normalized spacial score (nSPS) is 12.5. The van der Waals surface area contributed by atoms with E-state index in [1.54, 1.807) is 14.2 Å². The average Bonchev–Trinajstić information content (AvgIpc) is 2.38. The van der Waals surface area contributed by atoms with Crippen LogP contribution in [0.3, 0.4) is 0 Å². The number of benzene rings is 1. The molecular formula is C15H26N2O2. The fraction of sp³-hybridized carbons (Fsp3) is 0.600. The van der Waals surface area contributed by atoms with Gasteiger partial charge in [-0.2, -0.15) is 0 Å². The maximum absolute atomic E-state index is 5.41. The first kappa shape index (κ1) is 15.8. The molecule has 4 nitrogen and oxygen atoms in total. The topological polar surface area (TPSA) is 33.7 Å². The highest BCUT2D eigenvalue weighted by Gasteiger charge is 2.10. The minimum Gasteiger partial charge on any atom is -0.495 e. The van der Waals surface area contributed by atoms with Gasteiger partial charge in [0.1, 0.15) is 5.75 Å². The molecule has 0 fully saturated rings. The van der Waals surface area contributed by atoms with E-state index in [1.807, 2.05) is 6.07 Å². The van der Waals surface area contributed by atoms with E-state index in [0.717, 1.165) is 24.4 Å². The lowest BCUT2D eigenvalue weighted by Gasteiger charge is -2.20. The van der Waals surface area contributed by atoms with Gasteiger partial charge >= 0.3 is 0 Å². The zero-order valence-electron chi connectivity index (χ0n) is 12.7. The molecule has 0 aromatic heterocycles. The SMILES string of the molecule is CCC(COC)Nc1cc(CN(C)C)ccc1OC. The molecule has 1 rings (SSSR count). The molecule has 0 saturated carbocycles. The fourth-order valence-electron chi connectivity index (χ4n) is 2.01. The lowest BCUT2D eigenvalue weighted by Crippen LogP contribution is -2.24. The highest BCUT2D eigenvalue weighted by atomic mass is 16.5. The molecule has 0 aliphatic rings. The van der Waals surface area contributed by atoms with Crippen LogP contribution in [0.4, 0.5) is 5.69 Å². The molecule has 19 heavy (non-hydrogen) atoms. The summed E-state index contributed by atoms with van der Waals surface area (Å²) < 4.78 is 10.6. The van der Waals surface area contributed by atoms with Crippen LogP contribution in [-0.4, -0.2) is 45.9 Å². The summed E-state index contributed by atoms with van der Waals surface area (Å²) in [5.74, 6) is 0.872. The monoisotopic (exact) mass is 266 g/mol. The van der Waals surface area contributed by atoms with Gasteiger partial charge in [0, 0.05) is 19.7 Å². The number of anilines is 1. The van der Waals surface area contributed by atoms with Gasteiger partial charge in [0.2, 0.25) is 0 Å². The molecule has 0 amide bonds. The summed E-state index contributed by atoms with van der Waals surface area (Å²) >= 11 is 0. The zero-order chi connectivity index (χ0) is 14.3. The third-order valence-electron chi connectivity index (χ3n) is 2.98. The molecule has 1 unspecified atom stereocenters. The van der Waals surface area contributed by atoms with Gasteiger partial charge in [-0.1, -0.05) is 13.0 Å². The lowest BCUT2D eigenvalue weighted by atomic mass is 10.1. The van der Waals surface area contributed by atoms with Gasteiger partial charge in [0.25, 0.3) is 0 Å². The number of nitrogens with zero attached hydrogens (tertiary/aromatic N) is 1. The lowest BCUT2D eigenvalue weighted by molar-refractivity contribution is 0.184. The summed E-state index contributed by atoms with van der Waals surface area (Å²) in [6, 6.07) is 6.56. The Bertz CT molecular complexity index is 380. The fourth-order valence-corrected chi connectivity index (χ4v) is 2.01. The molecule has 0 spiro atoms. The summed E-state index contributed by atoms with van der Waals surface area (Å²) in [6.07, 6.45) is 1.01. The first-order chi connectivity index (χ1) is 9.10. The van der Waals surface area contributed by atoms with Crippen molar-refractivity contribution in [2.24, 2.45) is 0 Å². The van der Waals surface area contributed by atoms with E-state index in [-0.39, 0.29) is 0 Å². The highest BCUT2D eigenvalue weighted by molar-refractivity contribution is 5.58. The van der Waals surface area contributed by atoms with Crippen molar-refractivity contribution < 1.29 is 9.47 Å². The Kier molecular flexibility index (Phi) is 6.67. The van der Waals surface area contributed by atoms with Crippen molar-refractivity contribution in [3.8, 4) is 5.75 Å². The Morgan fingerprint density at radius 1 is 1.26 bits per heavy atom. The van der Waals surface area contributed by atoms with Crippen molar-refractivity contribution in [1.29, 1.82) is 0 Å². The van der Waals surface area contributed by atoms with Crippen molar-refractivity contribution in [3.05, 3.63) is 23.8 Å². The Hall–Kier alpha value is -1.26. The Morgan fingerprint density at radius 2 is 2.00 bits per heavy atom. The predicted octanol–water partition coefficient (Wildman–Crippen LogP) is 2.59. The van der Waals surface area contributed by atoms with E-state index < -0.39 is 0 Å². The summed E-state index contributed by atoms with van der Waals surface area (Å²) in [7, 11) is 7.56. The zero-order valence-corrected chi connectivity index (χ0v) is 12.7. The minimum atomic E-state index is 0.300. The Labute approximate surface area is 116 Å². The summed E-state index contributed by atoms with van der Waals surface area (Å²) in [5, 5.41) is 3.49. The van der Waals surface area contributed by atoms with Crippen LogP contribution in [0.2, 0.25) is 0 Å².